The van der Waals surface area contributed by atoms with Gasteiger partial charge in [0.15, 0.2) is 22.6 Å². The van der Waals surface area contributed by atoms with Crippen LogP contribution in [0.3, 0.4) is 0 Å². The zero-order chi connectivity index (χ0) is 17.8. The van der Waals surface area contributed by atoms with Gasteiger partial charge in [-0.1, -0.05) is 30.0 Å². The molecule has 2 aromatic heterocycles. The lowest BCUT2D eigenvalue weighted by molar-refractivity contribution is 0.474. The van der Waals surface area contributed by atoms with Crippen LogP contribution in [0.25, 0.3) is 0 Å². The number of hydrogen-bond donors (Lipinski definition) is 2. The average molecular weight is 363 g/mol. The Kier molecular flexibility index (Phi) is 4.79. The van der Waals surface area contributed by atoms with Crippen LogP contribution in [0.15, 0.2) is 70.4 Å². The highest BCUT2D eigenvalue weighted by Gasteiger charge is 2.26. The second kappa shape index (κ2) is 7.53. The van der Waals surface area contributed by atoms with Gasteiger partial charge in [-0.05, 0) is 43.2 Å². The van der Waals surface area contributed by atoms with Crippen LogP contribution in [-0.4, -0.2) is 31.7 Å². The van der Waals surface area contributed by atoms with Gasteiger partial charge in [0.05, 0.1) is 17.2 Å². The standard InChI is InChI=1S/C19H17N5OS/c25-15-8-5-11-20-18(15)21-12-13-6-4-10-17(22-13)24-19-23-14-7-2-1-3-9-16(14)26-19/h1-2,4-8,10-12,16,25H,3,9H2,(H,22,23,24)/b21-12+. The number of pyridine rings is 2. The number of aliphatic imine (C=N–C) groups is 2. The van der Waals surface area contributed by atoms with Gasteiger partial charge in [-0.15, -0.1) is 0 Å². The molecule has 26 heavy (non-hydrogen) atoms. The third kappa shape index (κ3) is 3.83. The minimum absolute atomic E-state index is 0.0348. The summed E-state index contributed by atoms with van der Waals surface area (Å²) in [4.78, 5) is 17.3. The van der Waals surface area contributed by atoms with E-state index in [0.29, 0.717) is 16.8 Å². The quantitative estimate of drug-likeness (QED) is 0.809. The van der Waals surface area contributed by atoms with E-state index in [2.05, 4.69) is 43.5 Å². The molecule has 0 radical (unpaired) electrons. The fraction of sp³-hybridized carbons (Fsp3) is 0.158. The minimum Gasteiger partial charge on any atom is -0.504 e. The molecule has 2 aliphatic rings. The Morgan fingerprint density at radius 2 is 2.23 bits per heavy atom. The van der Waals surface area contributed by atoms with Crippen LogP contribution in [0.2, 0.25) is 0 Å². The fourth-order valence-corrected chi connectivity index (χ4v) is 3.77. The molecule has 1 fully saturated rings. The van der Waals surface area contributed by atoms with Crippen LogP contribution >= 0.6 is 11.8 Å². The number of rotatable bonds is 3. The predicted molar refractivity (Wildman–Crippen MR) is 105 cm³/mol. The normalized spacial score (nSPS) is 20.7. The monoisotopic (exact) mass is 363 g/mol. The van der Waals surface area contributed by atoms with Crippen molar-refractivity contribution < 1.29 is 5.11 Å². The van der Waals surface area contributed by atoms with E-state index in [1.165, 1.54) is 5.70 Å². The smallest absolute Gasteiger partial charge is 0.194 e. The minimum atomic E-state index is 0.0348. The van der Waals surface area contributed by atoms with Crippen molar-refractivity contribution in [3.8, 4) is 5.75 Å². The van der Waals surface area contributed by atoms with Crippen molar-refractivity contribution in [3.05, 3.63) is 66.1 Å². The Hall–Kier alpha value is -2.93. The van der Waals surface area contributed by atoms with Crippen molar-refractivity contribution in [2.75, 3.05) is 0 Å². The molecule has 0 spiro atoms. The summed E-state index contributed by atoms with van der Waals surface area (Å²) in [6, 6.07) is 8.77. The molecule has 4 rings (SSSR count). The molecule has 1 aliphatic heterocycles. The van der Waals surface area contributed by atoms with Crippen molar-refractivity contribution in [1.29, 1.82) is 0 Å². The summed E-state index contributed by atoms with van der Waals surface area (Å²) in [5, 5.41) is 14.4. The molecule has 2 aromatic rings. The first-order valence-electron chi connectivity index (χ1n) is 8.32. The summed E-state index contributed by atoms with van der Waals surface area (Å²) in [5.41, 5.74) is 1.85. The number of hydrogen-bond acceptors (Lipinski definition) is 6. The van der Waals surface area contributed by atoms with Gasteiger partial charge in [-0.2, -0.15) is 0 Å². The van der Waals surface area contributed by atoms with Crippen LogP contribution < -0.4 is 5.32 Å². The van der Waals surface area contributed by atoms with Crippen molar-refractivity contribution in [2.45, 2.75) is 18.1 Å². The summed E-state index contributed by atoms with van der Waals surface area (Å²) in [7, 11) is 0. The number of allylic oxidation sites excluding steroid dienone is 3. The van der Waals surface area contributed by atoms with E-state index in [1.54, 1.807) is 36.3 Å². The molecule has 1 unspecified atom stereocenters. The summed E-state index contributed by atoms with van der Waals surface area (Å²) in [6.07, 6.45) is 11.7. The maximum absolute atomic E-state index is 9.71. The Morgan fingerprint density at radius 1 is 1.27 bits per heavy atom. The van der Waals surface area contributed by atoms with Gasteiger partial charge >= 0.3 is 0 Å². The molecule has 0 amide bonds. The molecule has 0 bridgehead atoms. The molecule has 1 atom stereocenters. The van der Waals surface area contributed by atoms with Gasteiger partial charge in [0.2, 0.25) is 0 Å². The Balaban J connectivity index is 1.52. The van der Waals surface area contributed by atoms with E-state index in [-0.39, 0.29) is 11.6 Å². The highest BCUT2D eigenvalue weighted by molar-refractivity contribution is 8.15. The van der Waals surface area contributed by atoms with Crippen LogP contribution in [-0.2, 0) is 0 Å². The lowest BCUT2D eigenvalue weighted by atomic mass is 10.2. The summed E-state index contributed by atoms with van der Waals surface area (Å²) in [6.45, 7) is 0. The van der Waals surface area contributed by atoms with Gasteiger partial charge in [0.1, 0.15) is 0 Å². The molecule has 2 N–H and O–H groups in total. The third-order valence-corrected chi connectivity index (χ3v) is 5.11. The van der Waals surface area contributed by atoms with E-state index in [0.717, 1.165) is 18.0 Å². The molecule has 0 saturated carbocycles. The summed E-state index contributed by atoms with van der Waals surface area (Å²) in [5.74, 6) is 0.911. The Bertz CT molecular complexity index is 935. The SMILES string of the molecule is Oc1cccnc1/N=C/c1cccc(/N=C2\NC3=CC=CCCC3S2)n1. The van der Waals surface area contributed by atoms with E-state index in [9.17, 15) is 5.11 Å². The van der Waals surface area contributed by atoms with E-state index >= 15 is 0 Å². The zero-order valence-corrected chi connectivity index (χ0v) is 14.7. The Morgan fingerprint density at radius 3 is 3.15 bits per heavy atom. The number of thioether (sulfide) groups is 1. The zero-order valence-electron chi connectivity index (χ0n) is 13.9. The van der Waals surface area contributed by atoms with Gasteiger partial charge in [0.25, 0.3) is 0 Å². The number of amidine groups is 1. The second-order valence-corrected chi connectivity index (χ2v) is 6.99. The molecule has 1 saturated heterocycles. The number of aromatic nitrogens is 2. The topological polar surface area (TPSA) is 82.8 Å². The van der Waals surface area contributed by atoms with Gasteiger partial charge in [0, 0.05) is 11.9 Å². The fourth-order valence-electron chi connectivity index (χ4n) is 2.66. The van der Waals surface area contributed by atoms with Crippen LogP contribution in [0.4, 0.5) is 11.6 Å². The molecule has 7 heteroatoms. The first kappa shape index (κ1) is 16.5. The number of fused-ring (bicyclic) bond motifs is 1. The maximum atomic E-state index is 9.71. The highest BCUT2D eigenvalue weighted by Crippen LogP contribution is 2.32. The predicted octanol–water partition coefficient (Wildman–Crippen LogP) is 3.86. The van der Waals surface area contributed by atoms with E-state index < -0.39 is 0 Å². The van der Waals surface area contributed by atoms with Crippen molar-refractivity contribution >= 4 is 34.8 Å². The number of nitrogens with one attached hydrogen (secondary N) is 1. The first-order chi connectivity index (χ1) is 12.8. The van der Waals surface area contributed by atoms with Crippen LogP contribution in [0, 0.1) is 0 Å². The molecule has 3 heterocycles. The average Bonchev–Trinajstić information content (AvgIpc) is 2.89. The van der Waals surface area contributed by atoms with Gasteiger partial charge in [-0.3, -0.25) is 0 Å². The molecular weight excluding hydrogens is 346 g/mol. The Labute approximate surface area is 155 Å². The first-order valence-corrected chi connectivity index (χ1v) is 9.20. The summed E-state index contributed by atoms with van der Waals surface area (Å²) >= 11 is 1.73. The largest absolute Gasteiger partial charge is 0.504 e. The van der Waals surface area contributed by atoms with Gasteiger partial charge in [-0.25, -0.2) is 20.0 Å². The van der Waals surface area contributed by atoms with E-state index in [4.69, 9.17) is 0 Å². The number of nitrogens with zero attached hydrogens (tertiary/aromatic N) is 4. The third-order valence-electron chi connectivity index (χ3n) is 3.92. The molecule has 0 aromatic carbocycles. The molecular formula is C19H17N5OS. The van der Waals surface area contributed by atoms with E-state index in [1.807, 2.05) is 18.2 Å². The van der Waals surface area contributed by atoms with Crippen molar-refractivity contribution in [2.24, 2.45) is 9.98 Å². The molecule has 130 valence electrons. The lowest BCUT2D eigenvalue weighted by Crippen LogP contribution is -2.13. The second-order valence-electron chi connectivity index (χ2n) is 5.80. The summed E-state index contributed by atoms with van der Waals surface area (Å²) < 4.78 is 0. The van der Waals surface area contributed by atoms with Gasteiger partial charge < -0.3 is 10.4 Å². The van der Waals surface area contributed by atoms with Crippen molar-refractivity contribution in [1.82, 2.24) is 15.3 Å². The van der Waals surface area contributed by atoms with Crippen molar-refractivity contribution in [3.63, 3.8) is 0 Å². The van der Waals surface area contributed by atoms with Crippen LogP contribution in [0.5, 0.6) is 5.75 Å². The lowest BCUT2D eigenvalue weighted by Gasteiger charge is -2.03. The molecule has 1 aliphatic carbocycles. The maximum Gasteiger partial charge on any atom is 0.194 e. The van der Waals surface area contributed by atoms with Crippen LogP contribution in [0.1, 0.15) is 18.5 Å². The highest BCUT2D eigenvalue weighted by atomic mass is 32.2. The molecule has 6 nitrogen and oxygen atoms in total. The number of aromatic hydroxyl groups is 1.